The number of aryl methyl sites for hydroxylation is 1. The van der Waals surface area contributed by atoms with Gasteiger partial charge in [-0.15, -0.1) is 11.3 Å². The van der Waals surface area contributed by atoms with E-state index < -0.39 is 10.0 Å². The van der Waals surface area contributed by atoms with Gasteiger partial charge in [-0.3, -0.25) is 4.79 Å². The molecule has 0 aliphatic carbocycles. The van der Waals surface area contributed by atoms with Crippen LogP contribution in [0.1, 0.15) is 11.4 Å². The molecule has 2 aromatic rings. The molecule has 0 atom stereocenters. The van der Waals surface area contributed by atoms with Crippen molar-refractivity contribution < 1.29 is 17.9 Å². The van der Waals surface area contributed by atoms with Gasteiger partial charge in [0.1, 0.15) is 0 Å². The molecule has 1 heterocycles. The number of nitrogens with zero attached hydrogens (tertiary/aromatic N) is 1. The summed E-state index contributed by atoms with van der Waals surface area (Å²) in [5.41, 5.74) is 0.766. The zero-order valence-corrected chi connectivity index (χ0v) is 14.6. The van der Waals surface area contributed by atoms with E-state index in [1.54, 1.807) is 19.2 Å². The van der Waals surface area contributed by atoms with E-state index in [2.05, 4.69) is 15.0 Å². The molecule has 0 saturated carbocycles. The van der Waals surface area contributed by atoms with E-state index >= 15 is 0 Å². The summed E-state index contributed by atoms with van der Waals surface area (Å²) < 4.78 is 32.4. The third-order valence-electron chi connectivity index (χ3n) is 3.05. The van der Waals surface area contributed by atoms with Gasteiger partial charge in [0.2, 0.25) is 15.9 Å². The Morgan fingerprint density at radius 3 is 2.91 bits per heavy atom. The van der Waals surface area contributed by atoms with E-state index in [0.29, 0.717) is 19.6 Å². The number of ether oxygens (including phenoxy) is 1. The van der Waals surface area contributed by atoms with Gasteiger partial charge < -0.3 is 10.1 Å². The van der Waals surface area contributed by atoms with E-state index in [1.165, 1.54) is 17.4 Å². The topological polar surface area (TPSA) is 97.4 Å². The second kappa shape index (κ2) is 7.82. The monoisotopic (exact) mass is 357 g/mol. The molecule has 0 aliphatic heterocycles. The summed E-state index contributed by atoms with van der Waals surface area (Å²) in [5.74, 6) is -0.376. The molecule has 23 heavy (non-hydrogen) atoms. The van der Waals surface area contributed by atoms with Crippen LogP contribution in [-0.2, 0) is 19.6 Å². The Hall–Kier alpha value is -1.55. The van der Waals surface area contributed by atoms with Crippen LogP contribution in [0.5, 0.6) is 0 Å². The van der Waals surface area contributed by atoms with Crippen LogP contribution in [0.4, 0.5) is 0 Å². The Bertz CT molecular complexity index is 786. The number of sulfonamides is 1. The summed E-state index contributed by atoms with van der Waals surface area (Å²) in [6, 6.07) is 4.72. The third-order valence-corrected chi connectivity index (χ3v) is 5.38. The van der Waals surface area contributed by atoms with E-state index in [0.717, 1.165) is 15.2 Å². The number of rotatable bonds is 8. The first-order valence-electron chi connectivity index (χ1n) is 7.05. The van der Waals surface area contributed by atoms with Crippen molar-refractivity contribution in [3.63, 3.8) is 0 Å². The molecular formula is C14H19N3O4S2. The van der Waals surface area contributed by atoms with Crippen LogP contribution in [0.2, 0.25) is 0 Å². The van der Waals surface area contributed by atoms with Crippen LogP contribution in [0, 0.1) is 6.92 Å². The lowest BCUT2D eigenvalue weighted by Crippen LogP contribution is -2.37. The van der Waals surface area contributed by atoms with Crippen LogP contribution in [0.3, 0.4) is 0 Å². The lowest BCUT2D eigenvalue weighted by atomic mass is 10.3. The fraction of sp³-hybridized carbons (Fsp3) is 0.429. The zero-order valence-electron chi connectivity index (χ0n) is 13.0. The van der Waals surface area contributed by atoms with E-state index in [1.807, 2.05) is 6.92 Å². The molecule has 0 bridgehead atoms. The molecule has 0 fully saturated rings. The van der Waals surface area contributed by atoms with Gasteiger partial charge in [0.05, 0.1) is 26.7 Å². The van der Waals surface area contributed by atoms with Crippen LogP contribution in [0.25, 0.3) is 10.2 Å². The Kier molecular flexibility index (Phi) is 6.05. The zero-order chi connectivity index (χ0) is 16.9. The van der Waals surface area contributed by atoms with Gasteiger partial charge in [-0.25, -0.2) is 18.1 Å². The maximum atomic E-state index is 12.2. The molecule has 2 rings (SSSR count). The molecule has 126 valence electrons. The predicted octanol–water partition coefficient (Wildman–Crippen LogP) is 1.04. The molecule has 1 aromatic carbocycles. The molecule has 0 radical (unpaired) electrons. The lowest BCUT2D eigenvalue weighted by molar-refractivity contribution is -0.120. The first-order valence-corrected chi connectivity index (χ1v) is 9.35. The standard InChI is InChI=1S/C14H19N3O4S2/c1-10-17-12-5-4-11(8-13(12)22-10)23(19,20)16-9-14(18)15-6-3-7-21-2/h4-5,8,16H,3,6-7,9H2,1-2H3,(H,15,18). The molecule has 2 N–H and O–H groups in total. The number of benzene rings is 1. The molecule has 0 saturated heterocycles. The average Bonchev–Trinajstić information content (AvgIpc) is 2.88. The second-order valence-corrected chi connectivity index (χ2v) is 7.88. The van der Waals surface area contributed by atoms with Crippen molar-refractivity contribution in [3.8, 4) is 0 Å². The third kappa shape index (κ3) is 4.96. The minimum Gasteiger partial charge on any atom is -0.385 e. The number of nitrogens with one attached hydrogen (secondary N) is 2. The number of fused-ring (bicyclic) bond motifs is 1. The molecule has 1 amide bonds. The summed E-state index contributed by atoms with van der Waals surface area (Å²) in [5, 5.41) is 3.49. The van der Waals surface area contributed by atoms with Crippen LogP contribution in [-0.4, -0.2) is 46.1 Å². The van der Waals surface area contributed by atoms with Crippen molar-refractivity contribution >= 4 is 37.5 Å². The average molecular weight is 357 g/mol. The second-order valence-electron chi connectivity index (χ2n) is 4.88. The van der Waals surface area contributed by atoms with E-state index in [4.69, 9.17) is 4.74 Å². The maximum absolute atomic E-state index is 12.2. The number of hydrogen-bond donors (Lipinski definition) is 2. The number of aromatic nitrogens is 1. The molecule has 0 unspecified atom stereocenters. The van der Waals surface area contributed by atoms with Crippen molar-refractivity contribution in [1.82, 2.24) is 15.0 Å². The Morgan fingerprint density at radius 1 is 1.39 bits per heavy atom. The summed E-state index contributed by atoms with van der Waals surface area (Å²) in [6.07, 6.45) is 0.677. The largest absolute Gasteiger partial charge is 0.385 e. The normalized spacial score (nSPS) is 11.7. The van der Waals surface area contributed by atoms with Crippen molar-refractivity contribution in [2.24, 2.45) is 0 Å². The Balaban J connectivity index is 1.96. The number of thiazole rings is 1. The highest BCUT2D eigenvalue weighted by Gasteiger charge is 2.16. The number of carbonyl (C=O) groups excluding carboxylic acids is 1. The highest BCUT2D eigenvalue weighted by Crippen LogP contribution is 2.24. The van der Waals surface area contributed by atoms with Crippen LogP contribution in [0.15, 0.2) is 23.1 Å². The highest BCUT2D eigenvalue weighted by molar-refractivity contribution is 7.89. The first-order chi connectivity index (χ1) is 10.9. The summed E-state index contributed by atoms with van der Waals surface area (Å²) >= 11 is 1.43. The first kappa shape index (κ1) is 17.8. The fourth-order valence-electron chi connectivity index (χ4n) is 1.94. The summed E-state index contributed by atoms with van der Waals surface area (Å²) in [4.78, 5) is 16.0. The smallest absolute Gasteiger partial charge is 0.241 e. The van der Waals surface area contributed by atoms with Crippen LogP contribution >= 0.6 is 11.3 Å². The van der Waals surface area contributed by atoms with Gasteiger partial charge >= 0.3 is 0 Å². The molecule has 0 aliphatic rings. The summed E-state index contributed by atoms with van der Waals surface area (Å²) in [7, 11) is -2.15. The van der Waals surface area contributed by atoms with Crippen molar-refractivity contribution in [2.75, 3.05) is 26.8 Å². The van der Waals surface area contributed by atoms with Gasteiger partial charge in [-0.2, -0.15) is 0 Å². The molecular weight excluding hydrogens is 338 g/mol. The van der Waals surface area contributed by atoms with E-state index in [9.17, 15) is 13.2 Å². The van der Waals surface area contributed by atoms with Gasteiger partial charge in [-0.05, 0) is 31.5 Å². The predicted molar refractivity (Wildman–Crippen MR) is 89.0 cm³/mol. The SMILES string of the molecule is COCCCNC(=O)CNS(=O)(=O)c1ccc2nc(C)sc2c1. The van der Waals surface area contributed by atoms with E-state index in [-0.39, 0.29) is 17.3 Å². The van der Waals surface area contributed by atoms with Crippen molar-refractivity contribution in [2.45, 2.75) is 18.2 Å². The van der Waals surface area contributed by atoms with Gasteiger partial charge in [0, 0.05) is 20.3 Å². The quantitative estimate of drug-likeness (QED) is 0.688. The molecule has 0 spiro atoms. The number of hydrogen-bond acceptors (Lipinski definition) is 6. The molecule has 9 heteroatoms. The molecule has 7 nitrogen and oxygen atoms in total. The Morgan fingerprint density at radius 2 is 2.17 bits per heavy atom. The number of amides is 1. The fourth-order valence-corrected chi connectivity index (χ4v) is 3.89. The minimum absolute atomic E-state index is 0.126. The van der Waals surface area contributed by atoms with Crippen molar-refractivity contribution in [1.29, 1.82) is 0 Å². The van der Waals surface area contributed by atoms with Gasteiger partial charge in [0.15, 0.2) is 0 Å². The highest BCUT2D eigenvalue weighted by atomic mass is 32.2. The van der Waals surface area contributed by atoms with Gasteiger partial charge in [-0.1, -0.05) is 0 Å². The Labute approximate surface area is 139 Å². The minimum atomic E-state index is -3.73. The number of methoxy groups -OCH3 is 1. The van der Waals surface area contributed by atoms with Crippen LogP contribution < -0.4 is 10.0 Å². The number of carbonyl (C=O) groups is 1. The molecule has 1 aromatic heterocycles. The lowest BCUT2D eigenvalue weighted by Gasteiger charge is -2.07. The summed E-state index contributed by atoms with van der Waals surface area (Å²) in [6.45, 7) is 2.56. The van der Waals surface area contributed by atoms with Crippen molar-refractivity contribution in [3.05, 3.63) is 23.2 Å². The van der Waals surface area contributed by atoms with Gasteiger partial charge in [0.25, 0.3) is 0 Å². The maximum Gasteiger partial charge on any atom is 0.241 e.